The molecule has 8 nitrogen and oxygen atoms in total. The molecule has 8 heteroatoms. The van der Waals surface area contributed by atoms with Gasteiger partial charge in [0.1, 0.15) is 19.0 Å². The van der Waals surface area contributed by atoms with Crippen LogP contribution in [0, 0.1) is 10.1 Å². The first-order valence-corrected chi connectivity index (χ1v) is 14.8. The SMILES string of the molecule is CCCCCCCCCCCCCCCCCC(=O)OCCOCCOCCOc1ccc([N+](=O)[O-])cc1. The molecule has 0 saturated carbocycles. The number of nitrogens with zero attached hydrogens (tertiary/aromatic N) is 1. The van der Waals surface area contributed by atoms with Gasteiger partial charge in [0.25, 0.3) is 5.69 Å². The molecular weight excluding hydrogens is 486 g/mol. The van der Waals surface area contributed by atoms with Gasteiger partial charge >= 0.3 is 5.97 Å². The largest absolute Gasteiger partial charge is 0.491 e. The minimum absolute atomic E-state index is 0.0291. The number of ether oxygens (including phenoxy) is 4. The van der Waals surface area contributed by atoms with Crippen molar-refractivity contribution < 1.29 is 28.7 Å². The predicted octanol–water partition coefficient (Wildman–Crippen LogP) is 7.81. The molecule has 1 rings (SSSR count). The monoisotopic (exact) mass is 537 g/mol. The molecule has 1 aromatic rings. The Hall–Kier alpha value is -2.19. The van der Waals surface area contributed by atoms with Gasteiger partial charge in [0.05, 0.1) is 31.4 Å². The van der Waals surface area contributed by atoms with Gasteiger partial charge in [-0.05, 0) is 18.6 Å². The minimum Gasteiger partial charge on any atom is -0.491 e. The number of nitro benzene ring substituents is 1. The summed E-state index contributed by atoms with van der Waals surface area (Å²) in [4.78, 5) is 22.0. The first-order valence-electron chi connectivity index (χ1n) is 14.8. The third kappa shape index (κ3) is 20.8. The van der Waals surface area contributed by atoms with Gasteiger partial charge in [0, 0.05) is 18.6 Å². The molecule has 0 aliphatic carbocycles. The zero-order valence-corrected chi connectivity index (χ0v) is 23.7. The van der Waals surface area contributed by atoms with Crippen molar-refractivity contribution in [1.29, 1.82) is 0 Å². The summed E-state index contributed by atoms with van der Waals surface area (Å²) in [7, 11) is 0. The second-order valence-corrected chi connectivity index (χ2v) is 9.74. The van der Waals surface area contributed by atoms with Gasteiger partial charge in [-0.1, -0.05) is 96.8 Å². The molecule has 1 aromatic carbocycles. The Morgan fingerprint density at radius 1 is 0.658 bits per heavy atom. The normalized spacial score (nSPS) is 11.0. The Labute approximate surface area is 229 Å². The molecular formula is C30H51NO7. The summed E-state index contributed by atoms with van der Waals surface area (Å²) in [6.07, 6.45) is 20.1. The average Bonchev–Trinajstić information content (AvgIpc) is 2.92. The fourth-order valence-corrected chi connectivity index (χ4v) is 4.13. The van der Waals surface area contributed by atoms with Crippen LogP contribution >= 0.6 is 0 Å². The van der Waals surface area contributed by atoms with E-state index in [-0.39, 0.29) is 18.3 Å². The van der Waals surface area contributed by atoms with Crippen molar-refractivity contribution in [3.63, 3.8) is 0 Å². The molecule has 0 atom stereocenters. The smallest absolute Gasteiger partial charge is 0.305 e. The number of esters is 1. The van der Waals surface area contributed by atoms with Gasteiger partial charge < -0.3 is 18.9 Å². The van der Waals surface area contributed by atoms with Crippen molar-refractivity contribution in [3.8, 4) is 5.75 Å². The number of hydrogen-bond acceptors (Lipinski definition) is 7. The summed E-state index contributed by atoms with van der Waals surface area (Å²) in [5.74, 6) is 0.407. The van der Waals surface area contributed by atoms with E-state index in [1.54, 1.807) is 12.1 Å². The summed E-state index contributed by atoms with van der Waals surface area (Å²) in [6.45, 7) is 4.44. The van der Waals surface area contributed by atoms with E-state index in [1.807, 2.05) is 0 Å². The number of carbonyl (C=O) groups excluding carboxylic acids is 1. The van der Waals surface area contributed by atoms with E-state index in [9.17, 15) is 14.9 Å². The maximum Gasteiger partial charge on any atom is 0.305 e. The highest BCUT2D eigenvalue weighted by Gasteiger charge is 2.05. The highest BCUT2D eigenvalue weighted by molar-refractivity contribution is 5.69. The highest BCUT2D eigenvalue weighted by atomic mass is 16.6. The van der Waals surface area contributed by atoms with E-state index in [4.69, 9.17) is 18.9 Å². The first-order chi connectivity index (χ1) is 18.6. The fourth-order valence-electron chi connectivity index (χ4n) is 4.13. The maximum atomic E-state index is 11.8. The summed E-state index contributed by atoms with van der Waals surface area (Å²) in [5, 5.41) is 10.6. The fraction of sp³-hybridized carbons (Fsp3) is 0.767. The molecule has 218 valence electrons. The third-order valence-electron chi connectivity index (χ3n) is 6.39. The van der Waals surface area contributed by atoms with Crippen LogP contribution in [0.5, 0.6) is 5.75 Å². The lowest BCUT2D eigenvalue weighted by molar-refractivity contribution is -0.384. The zero-order valence-electron chi connectivity index (χ0n) is 23.7. The standard InChI is InChI=1S/C30H51NO7/c1-2-3-4-5-6-7-8-9-10-11-12-13-14-15-16-17-30(32)38-27-25-36-23-22-35-24-26-37-29-20-18-28(19-21-29)31(33)34/h18-21H,2-17,22-27H2,1H3. The molecule has 0 heterocycles. The average molecular weight is 538 g/mol. The van der Waals surface area contributed by atoms with Crippen LogP contribution in [0.2, 0.25) is 0 Å². The molecule has 0 saturated heterocycles. The van der Waals surface area contributed by atoms with Gasteiger partial charge in [0.2, 0.25) is 0 Å². The number of carbonyl (C=O) groups is 1. The van der Waals surface area contributed by atoms with E-state index in [0.29, 0.717) is 45.2 Å². The lowest BCUT2D eigenvalue weighted by Crippen LogP contribution is -2.14. The Morgan fingerprint density at radius 2 is 1.11 bits per heavy atom. The van der Waals surface area contributed by atoms with E-state index in [1.165, 1.54) is 95.6 Å². The molecule has 0 bridgehead atoms. The quantitative estimate of drug-likeness (QED) is 0.0488. The predicted molar refractivity (Wildman–Crippen MR) is 151 cm³/mol. The van der Waals surface area contributed by atoms with Crippen LogP contribution in [0.1, 0.15) is 110 Å². The second kappa shape index (κ2) is 25.1. The number of hydrogen-bond donors (Lipinski definition) is 0. The van der Waals surface area contributed by atoms with Crippen LogP contribution in [0.4, 0.5) is 5.69 Å². The maximum absolute atomic E-state index is 11.8. The number of nitro groups is 1. The molecule has 0 aliphatic rings. The lowest BCUT2D eigenvalue weighted by Gasteiger charge is -2.08. The molecule has 0 aliphatic heterocycles. The number of rotatable bonds is 27. The van der Waals surface area contributed by atoms with Gasteiger partial charge in [-0.2, -0.15) is 0 Å². The Morgan fingerprint density at radius 3 is 1.61 bits per heavy atom. The number of benzene rings is 1. The molecule has 0 fully saturated rings. The van der Waals surface area contributed by atoms with Crippen LogP contribution < -0.4 is 4.74 Å². The van der Waals surface area contributed by atoms with Crippen LogP contribution in [-0.2, 0) is 19.0 Å². The molecule has 38 heavy (non-hydrogen) atoms. The van der Waals surface area contributed by atoms with E-state index < -0.39 is 4.92 Å². The van der Waals surface area contributed by atoms with Crippen molar-refractivity contribution in [2.24, 2.45) is 0 Å². The van der Waals surface area contributed by atoms with Gasteiger partial charge in [-0.15, -0.1) is 0 Å². The molecule has 0 N–H and O–H groups in total. The van der Waals surface area contributed by atoms with Gasteiger partial charge in [-0.3, -0.25) is 14.9 Å². The summed E-state index contributed by atoms with van der Waals surface area (Å²) in [5.41, 5.74) is 0.0291. The molecule has 0 spiro atoms. The van der Waals surface area contributed by atoms with Crippen molar-refractivity contribution in [3.05, 3.63) is 34.4 Å². The van der Waals surface area contributed by atoms with Crippen LogP contribution in [0.3, 0.4) is 0 Å². The topological polar surface area (TPSA) is 97.1 Å². The van der Waals surface area contributed by atoms with Gasteiger partial charge in [0.15, 0.2) is 0 Å². The van der Waals surface area contributed by atoms with Crippen molar-refractivity contribution in [2.75, 3.05) is 39.6 Å². The molecule has 0 aromatic heterocycles. The summed E-state index contributed by atoms with van der Waals surface area (Å²) >= 11 is 0. The van der Waals surface area contributed by atoms with Crippen molar-refractivity contribution >= 4 is 11.7 Å². The van der Waals surface area contributed by atoms with Crippen LogP contribution in [0.15, 0.2) is 24.3 Å². The molecule has 0 amide bonds. The minimum atomic E-state index is -0.449. The van der Waals surface area contributed by atoms with Crippen LogP contribution in [-0.4, -0.2) is 50.5 Å². The lowest BCUT2D eigenvalue weighted by atomic mass is 10.0. The number of unbranched alkanes of at least 4 members (excludes halogenated alkanes) is 14. The summed E-state index contributed by atoms with van der Waals surface area (Å²) in [6, 6.07) is 5.92. The van der Waals surface area contributed by atoms with Crippen LogP contribution in [0.25, 0.3) is 0 Å². The van der Waals surface area contributed by atoms with Crippen molar-refractivity contribution in [1.82, 2.24) is 0 Å². The molecule has 0 radical (unpaired) electrons. The van der Waals surface area contributed by atoms with Crippen molar-refractivity contribution in [2.45, 2.75) is 110 Å². The van der Waals surface area contributed by atoms with E-state index in [2.05, 4.69) is 6.92 Å². The summed E-state index contributed by atoms with van der Waals surface area (Å²) < 4.78 is 21.5. The zero-order chi connectivity index (χ0) is 27.5. The second-order valence-electron chi connectivity index (χ2n) is 9.74. The van der Waals surface area contributed by atoms with Gasteiger partial charge in [-0.25, -0.2) is 0 Å². The highest BCUT2D eigenvalue weighted by Crippen LogP contribution is 2.17. The Kier molecular flexibility index (Phi) is 22.4. The molecule has 0 unspecified atom stereocenters. The van der Waals surface area contributed by atoms with E-state index >= 15 is 0 Å². The third-order valence-corrected chi connectivity index (χ3v) is 6.39. The Bertz CT molecular complexity index is 696. The first kappa shape index (κ1) is 33.8. The Balaban J connectivity index is 1.76. The number of non-ortho nitro benzene ring substituents is 1. The van der Waals surface area contributed by atoms with E-state index in [0.717, 1.165) is 12.8 Å².